The Balaban J connectivity index is 2.17. The van der Waals surface area contributed by atoms with E-state index in [2.05, 4.69) is 0 Å². The van der Waals surface area contributed by atoms with Crippen molar-refractivity contribution in [2.45, 2.75) is 143 Å². The maximum absolute atomic E-state index is 11.9. The largest absolute Gasteiger partial charge is 0.477 e. The van der Waals surface area contributed by atoms with Gasteiger partial charge in [0.1, 0.15) is 54.9 Å². The van der Waals surface area contributed by atoms with E-state index in [1.807, 2.05) is 0 Å². The van der Waals surface area contributed by atoms with Gasteiger partial charge in [-0.05, 0) is 19.8 Å². The second-order valence-corrected chi connectivity index (χ2v) is 13.0. The molecule has 22 nitrogen and oxygen atoms in total. The van der Waals surface area contributed by atoms with Gasteiger partial charge in [0.15, 0.2) is 12.6 Å². The molecular formula is C29H55NO21. The van der Waals surface area contributed by atoms with Crippen LogP contribution in [0.5, 0.6) is 0 Å². The first-order valence-corrected chi connectivity index (χ1v) is 16.3. The van der Waals surface area contributed by atoms with Crippen molar-refractivity contribution in [3.05, 3.63) is 0 Å². The Bertz CT molecular complexity index is 1030. The average Bonchev–Trinajstić information content (AvgIpc) is 3.08. The number of hydrogen-bond donors (Lipinski definition) is 16. The molecule has 0 amide bonds. The number of carboxylic acids is 1. The van der Waals surface area contributed by atoms with Crippen molar-refractivity contribution in [2.24, 2.45) is 11.7 Å². The van der Waals surface area contributed by atoms with Crippen LogP contribution in [0.3, 0.4) is 0 Å². The molecule has 17 N–H and O–H groups in total. The van der Waals surface area contributed by atoms with Crippen molar-refractivity contribution in [3.8, 4) is 0 Å². The number of aliphatic carboxylic acids is 1. The highest BCUT2D eigenvalue weighted by Crippen LogP contribution is 2.34. The van der Waals surface area contributed by atoms with E-state index in [-0.39, 0.29) is 6.42 Å². The van der Waals surface area contributed by atoms with Crippen LogP contribution in [-0.2, 0) is 28.5 Å². The standard InChI is InChI=1S/C29H55NO21/c1-10-19(39)25(17(8-33)48-26(10)50-24(11(2)34)20(40)13(35)3-4-31)51-27-23(43)22(42)21(41)18(49-27)9-47-29(46,28(44)45)6-15(37)12(30)5-14(36)16(38)7-32/h10-27,31-43,46H,3-9,30H2,1-2H3,(H,44,45)/t10?,11-,12+,13-,14+,15-,16?,17+,18?,19?,20?,21+,22?,23?,24+,25-,26+,27+,29+/m1/s1. The van der Waals surface area contributed by atoms with Crippen LogP contribution in [0.2, 0.25) is 0 Å². The molecule has 22 heteroatoms. The third-order valence-electron chi connectivity index (χ3n) is 8.99. The highest BCUT2D eigenvalue weighted by Gasteiger charge is 2.52. The van der Waals surface area contributed by atoms with Crippen LogP contribution < -0.4 is 5.73 Å². The summed E-state index contributed by atoms with van der Waals surface area (Å²) in [6, 6.07) is -1.43. The molecule has 19 atom stereocenters. The predicted molar refractivity (Wildman–Crippen MR) is 164 cm³/mol. The second-order valence-electron chi connectivity index (χ2n) is 13.0. The minimum Gasteiger partial charge on any atom is -0.477 e. The molecule has 0 aromatic carbocycles. The molecule has 0 bridgehead atoms. The molecule has 302 valence electrons. The van der Waals surface area contributed by atoms with Gasteiger partial charge in [0, 0.05) is 25.0 Å². The Labute approximate surface area is 292 Å². The fourth-order valence-electron chi connectivity index (χ4n) is 5.58. The molecule has 51 heavy (non-hydrogen) atoms. The van der Waals surface area contributed by atoms with Gasteiger partial charge in [-0.3, -0.25) is 0 Å². The Kier molecular flexibility index (Phi) is 18.3. The van der Waals surface area contributed by atoms with Crippen molar-refractivity contribution in [1.29, 1.82) is 0 Å². The van der Waals surface area contributed by atoms with Crippen LogP contribution in [0, 0.1) is 5.92 Å². The average molecular weight is 754 g/mol. The van der Waals surface area contributed by atoms with Gasteiger partial charge in [-0.25, -0.2) is 4.79 Å². The monoisotopic (exact) mass is 753 g/mol. The molecule has 0 spiro atoms. The summed E-state index contributed by atoms with van der Waals surface area (Å²) in [6.45, 7) is -0.557. The van der Waals surface area contributed by atoms with Gasteiger partial charge in [0.2, 0.25) is 0 Å². The number of aliphatic hydroxyl groups excluding tert-OH is 13. The summed E-state index contributed by atoms with van der Waals surface area (Å²) in [6.07, 6.45) is -28.8. The normalized spacial score (nSPS) is 36.3. The molecule has 7 unspecified atom stereocenters. The van der Waals surface area contributed by atoms with Crippen LogP contribution in [0.4, 0.5) is 0 Å². The van der Waals surface area contributed by atoms with Gasteiger partial charge < -0.3 is 106 Å². The van der Waals surface area contributed by atoms with Crippen molar-refractivity contribution >= 4 is 5.97 Å². The minimum atomic E-state index is -3.20. The summed E-state index contributed by atoms with van der Waals surface area (Å²) in [5.74, 6) is -6.30. The molecular weight excluding hydrogens is 698 g/mol. The SMILES string of the molecule is CC1C(O)[C@H](O[C@@H]2OC(CO[C@@](O)(C[C@@H](O)[C@@H](N)C[C@H](O)C(O)CO)C(=O)O)[C@H](O)C(O)C2O)[C@H](CO)O[C@H]1O[C@H](C(O)[C@H](O)CCO)[C@@H](C)O. The highest BCUT2D eigenvalue weighted by atomic mass is 16.7. The number of rotatable bonds is 21. The number of carboxylic acid groups (broad SMARTS) is 1. The third-order valence-corrected chi connectivity index (χ3v) is 8.99. The summed E-state index contributed by atoms with van der Waals surface area (Å²) in [5.41, 5.74) is 5.74. The molecule has 2 saturated heterocycles. The van der Waals surface area contributed by atoms with Gasteiger partial charge in [0.25, 0.3) is 5.79 Å². The van der Waals surface area contributed by atoms with Crippen molar-refractivity contribution in [3.63, 3.8) is 0 Å². The van der Waals surface area contributed by atoms with E-state index in [0.29, 0.717) is 0 Å². The summed E-state index contributed by atoms with van der Waals surface area (Å²) >= 11 is 0. The first-order chi connectivity index (χ1) is 23.7. The smallest absolute Gasteiger partial charge is 0.364 e. The fourth-order valence-corrected chi connectivity index (χ4v) is 5.58. The van der Waals surface area contributed by atoms with Gasteiger partial charge in [-0.2, -0.15) is 0 Å². The van der Waals surface area contributed by atoms with Crippen LogP contribution >= 0.6 is 0 Å². The molecule has 0 aromatic rings. The zero-order valence-electron chi connectivity index (χ0n) is 28.1. The molecule has 2 aliphatic heterocycles. The first kappa shape index (κ1) is 45.8. The minimum absolute atomic E-state index is 0.252. The molecule has 2 fully saturated rings. The molecule has 2 aliphatic rings. The first-order valence-electron chi connectivity index (χ1n) is 16.3. The van der Waals surface area contributed by atoms with Crippen LogP contribution in [0.15, 0.2) is 0 Å². The van der Waals surface area contributed by atoms with E-state index in [1.54, 1.807) is 0 Å². The molecule has 0 aromatic heterocycles. The molecule has 2 rings (SSSR count). The summed E-state index contributed by atoms with van der Waals surface area (Å²) in [5, 5.41) is 152. The van der Waals surface area contributed by atoms with Gasteiger partial charge in [-0.1, -0.05) is 6.92 Å². The van der Waals surface area contributed by atoms with Crippen molar-refractivity contribution in [1.82, 2.24) is 0 Å². The second kappa shape index (κ2) is 20.4. The molecule has 2 heterocycles. The van der Waals surface area contributed by atoms with Crippen LogP contribution in [0.1, 0.15) is 33.1 Å². The number of ether oxygens (including phenoxy) is 5. The van der Waals surface area contributed by atoms with Gasteiger partial charge in [-0.15, -0.1) is 0 Å². The third kappa shape index (κ3) is 11.8. The highest BCUT2D eigenvalue weighted by molar-refractivity contribution is 5.75. The number of nitrogens with two attached hydrogens (primary N) is 1. The maximum Gasteiger partial charge on any atom is 0.364 e. The molecule has 0 radical (unpaired) electrons. The lowest BCUT2D eigenvalue weighted by Gasteiger charge is -2.47. The van der Waals surface area contributed by atoms with E-state index in [0.717, 1.165) is 0 Å². The van der Waals surface area contributed by atoms with Crippen molar-refractivity contribution < 1.29 is 105 Å². The van der Waals surface area contributed by atoms with E-state index < -0.39 is 161 Å². The Morgan fingerprint density at radius 2 is 1.45 bits per heavy atom. The number of hydrogen-bond acceptors (Lipinski definition) is 21. The van der Waals surface area contributed by atoms with E-state index in [9.17, 15) is 71.2 Å². The quantitative estimate of drug-likeness (QED) is 0.0484. The van der Waals surface area contributed by atoms with Crippen LogP contribution in [0.25, 0.3) is 0 Å². The summed E-state index contributed by atoms with van der Waals surface area (Å²) in [4.78, 5) is 11.9. The Morgan fingerprint density at radius 1 is 0.843 bits per heavy atom. The van der Waals surface area contributed by atoms with E-state index >= 15 is 0 Å². The lowest BCUT2D eigenvalue weighted by molar-refractivity contribution is -0.363. The molecule has 0 aliphatic carbocycles. The van der Waals surface area contributed by atoms with Gasteiger partial charge >= 0.3 is 5.97 Å². The fraction of sp³-hybridized carbons (Fsp3) is 0.966. The maximum atomic E-state index is 11.9. The summed E-state index contributed by atoms with van der Waals surface area (Å²) < 4.78 is 27.6. The number of carbonyl (C=O) groups is 1. The Hall–Kier alpha value is -1.33. The van der Waals surface area contributed by atoms with E-state index in [4.69, 9.17) is 39.6 Å². The number of aliphatic hydroxyl groups is 14. The zero-order valence-corrected chi connectivity index (χ0v) is 28.1. The zero-order chi connectivity index (χ0) is 39.0. The topological polar surface area (TPSA) is 393 Å². The van der Waals surface area contributed by atoms with E-state index in [1.165, 1.54) is 13.8 Å². The predicted octanol–water partition coefficient (Wildman–Crippen LogP) is -8.26. The lowest BCUT2D eigenvalue weighted by Crippen LogP contribution is -2.64. The molecule has 0 saturated carbocycles. The van der Waals surface area contributed by atoms with Crippen molar-refractivity contribution in [2.75, 3.05) is 26.4 Å². The Morgan fingerprint density at radius 3 is 1.98 bits per heavy atom. The summed E-state index contributed by atoms with van der Waals surface area (Å²) in [7, 11) is 0. The van der Waals surface area contributed by atoms with Gasteiger partial charge in [0.05, 0.1) is 50.3 Å². The van der Waals surface area contributed by atoms with Crippen LogP contribution in [-0.4, -0.2) is 219 Å². The lowest BCUT2D eigenvalue weighted by atomic mass is 9.91.